The summed E-state index contributed by atoms with van der Waals surface area (Å²) in [6.45, 7) is 10.7. The third-order valence-corrected chi connectivity index (χ3v) is 4.67. The lowest BCUT2D eigenvalue weighted by Crippen LogP contribution is -2.43. The Balaban J connectivity index is 1.74. The summed E-state index contributed by atoms with van der Waals surface area (Å²) in [7, 11) is 0. The summed E-state index contributed by atoms with van der Waals surface area (Å²) in [5.74, 6) is 0.902. The van der Waals surface area contributed by atoms with E-state index in [4.69, 9.17) is 5.73 Å². The Morgan fingerprint density at radius 1 is 1.12 bits per heavy atom. The molecule has 2 N–H and O–H groups in total. The second-order valence-corrected chi connectivity index (χ2v) is 6.09. The molecule has 1 atom stereocenters. The van der Waals surface area contributed by atoms with Crippen LogP contribution in [0.15, 0.2) is 0 Å². The van der Waals surface area contributed by atoms with Gasteiger partial charge in [0.2, 0.25) is 0 Å². The highest BCUT2D eigenvalue weighted by Gasteiger charge is 2.30. The number of piperidine rings is 1. The van der Waals surface area contributed by atoms with Gasteiger partial charge < -0.3 is 5.73 Å². The van der Waals surface area contributed by atoms with Crippen molar-refractivity contribution in [1.29, 1.82) is 0 Å². The Kier molecular flexibility index (Phi) is 4.83. The van der Waals surface area contributed by atoms with E-state index in [0.717, 1.165) is 24.5 Å². The Bertz CT molecular complexity index is 222. The third-order valence-electron chi connectivity index (χ3n) is 4.67. The lowest BCUT2D eigenvalue weighted by atomic mass is 9.92. The maximum absolute atomic E-state index is 5.65. The van der Waals surface area contributed by atoms with Crippen LogP contribution in [0.2, 0.25) is 0 Å². The van der Waals surface area contributed by atoms with E-state index >= 15 is 0 Å². The molecule has 1 unspecified atom stereocenters. The Morgan fingerprint density at radius 3 is 2.35 bits per heavy atom. The first-order valence-corrected chi connectivity index (χ1v) is 7.39. The van der Waals surface area contributed by atoms with Crippen LogP contribution in [-0.4, -0.2) is 54.6 Å². The number of nitrogens with two attached hydrogens (primary N) is 1. The second-order valence-electron chi connectivity index (χ2n) is 6.09. The van der Waals surface area contributed by atoms with E-state index < -0.39 is 0 Å². The van der Waals surface area contributed by atoms with Gasteiger partial charge in [0.15, 0.2) is 0 Å². The third kappa shape index (κ3) is 3.43. The summed E-state index contributed by atoms with van der Waals surface area (Å²) in [5, 5.41) is 0. The van der Waals surface area contributed by atoms with E-state index in [1.54, 1.807) is 0 Å². The minimum absolute atomic E-state index is 0.717. The maximum Gasteiger partial charge on any atom is 0.0235 e. The normalized spacial score (nSPS) is 29.3. The van der Waals surface area contributed by atoms with Gasteiger partial charge in [-0.1, -0.05) is 0 Å². The molecule has 0 bridgehead atoms. The first-order valence-electron chi connectivity index (χ1n) is 7.39. The molecule has 17 heavy (non-hydrogen) atoms. The highest BCUT2D eigenvalue weighted by molar-refractivity contribution is 4.87. The van der Waals surface area contributed by atoms with Gasteiger partial charge in [0.25, 0.3) is 0 Å². The van der Waals surface area contributed by atoms with Gasteiger partial charge in [-0.2, -0.15) is 0 Å². The zero-order chi connectivity index (χ0) is 12.3. The lowest BCUT2D eigenvalue weighted by Gasteiger charge is -2.36. The largest absolute Gasteiger partial charge is 0.330 e. The van der Waals surface area contributed by atoms with Crippen LogP contribution < -0.4 is 5.73 Å². The predicted molar refractivity (Wildman–Crippen MR) is 73.1 cm³/mol. The molecule has 0 radical (unpaired) electrons. The fourth-order valence-corrected chi connectivity index (χ4v) is 3.38. The van der Waals surface area contributed by atoms with Gasteiger partial charge in [-0.05, 0) is 65.1 Å². The molecule has 2 aliphatic rings. The second kappa shape index (κ2) is 6.17. The topological polar surface area (TPSA) is 32.5 Å². The Hall–Kier alpha value is -0.120. The molecule has 2 fully saturated rings. The minimum atomic E-state index is 0.717. The van der Waals surface area contributed by atoms with Crippen molar-refractivity contribution in [2.75, 3.05) is 32.7 Å². The summed E-state index contributed by atoms with van der Waals surface area (Å²) >= 11 is 0. The molecule has 2 saturated heterocycles. The smallest absolute Gasteiger partial charge is 0.0235 e. The summed E-state index contributed by atoms with van der Waals surface area (Å²) in [6, 6.07) is 1.55. The highest BCUT2D eigenvalue weighted by atomic mass is 15.3. The first kappa shape index (κ1) is 13.3. The van der Waals surface area contributed by atoms with Gasteiger partial charge in [0.05, 0.1) is 0 Å². The summed E-state index contributed by atoms with van der Waals surface area (Å²) in [4.78, 5) is 5.35. The SMILES string of the molecule is CC(C)N1CCC(N2CCC(CCN)CC2)C1. The van der Waals surface area contributed by atoms with Crippen molar-refractivity contribution in [3.05, 3.63) is 0 Å². The maximum atomic E-state index is 5.65. The van der Waals surface area contributed by atoms with Crippen molar-refractivity contribution in [3.8, 4) is 0 Å². The summed E-state index contributed by atoms with van der Waals surface area (Å²) in [6.07, 6.45) is 5.35. The van der Waals surface area contributed by atoms with Crippen molar-refractivity contribution in [2.24, 2.45) is 11.7 Å². The van der Waals surface area contributed by atoms with Gasteiger partial charge in [-0.25, -0.2) is 0 Å². The monoisotopic (exact) mass is 239 g/mol. The molecule has 0 amide bonds. The van der Waals surface area contributed by atoms with Crippen LogP contribution in [-0.2, 0) is 0 Å². The van der Waals surface area contributed by atoms with Gasteiger partial charge in [-0.15, -0.1) is 0 Å². The van der Waals surface area contributed by atoms with Gasteiger partial charge >= 0.3 is 0 Å². The zero-order valence-electron chi connectivity index (χ0n) is 11.6. The van der Waals surface area contributed by atoms with Crippen molar-refractivity contribution < 1.29 is 0 Å². The minimum Gasteiger partial charge on any atom is -0.330 e. The molecule has 3 heteroatoms. The van der Waals surface area contributed by atoms with E-state index in [0.29, 0.717) is 0 Å². The van der Waals surface area contributed by atoms with E-state index in [1.807, 2.05) is 0 Å². The van der Waals surface area contributed by atoms with Crippen LogP contribution in [0.5, 0.6) is 0 Å². The number of hydrogen-bond donors (Lipinski definition) is 1. The highest BCUT2D eigenvalue weighted by Crippen LogP contribution is 2.25. The van der Waals surface area contributed by atoms with Crippen molar-refractivity contribution in [3.63, 3.8) is 0 Å². The molecule has 2 aliphatic heterocycles. The van der Waals surface area contributed by atoms with Gasteiger partial charge in [0, 0.05) is 25.2 Å². The molecule has 0 aromatic heterocycles. The van der Waals surface area contributed by atoms with Crippen molar-refractivity contribution in [1.82, 2.24) is 9.80 Å². The Morgan fingerprint density at radius 2 is 1.82 bits per heavy atom. The average Bonchev–Trinajstić information content (AvgIpc) is 2.80. The molecular weight excluding hydrogens is 210 g/mol. The van der Waals surface area contributed by atoms with E-state index in [1.165, 1.54) is 51.9 Å². The quantitative estimate of drug-likeness (QED) is 0.807. The summed E-state index contributed by atoms with van der Waals surface area (Å²) < 4.78 is 0. The van der Waals surface area contributed by atoms with E-state index in [-0.39, 0.29) is 0 Å². The van der Waals surface area contributed by atoms with Crippen LogP contribution >= 0.6 is 0 Å². The average molecular weight is 239 g/mol. The van der Waals surface area contributed by atoms with Crippen LogP contribution in [0.3, 0.4) is 0 Å². The number of hydrogen-bond acceptors (Lipinski definition) is 3. The van der Waals surface area contributed by atoms with Crippen LogP contribution in [0.1, 0.15) is 39.5 Å². The zero-order valence-corrected chi connectivity index (χ0v) is 11.6. The molecule has 0 spiro atoms. The molecular formula is C14H29N3. The number of likely N-dealkylation sites (tertiary alicyclic amines) is 2. The van der Waals surface area contributed by atoms with Crippen LogP contribution in [0.4, 0.5) is 0 Å². The first-order chi connectivity index (χ1) is 8.20. The molecule has 100 valence electrons. The van der Waals surface area contributed by atoms with Crippen molar-refractivity contribution >= 4 is 0 Å². The fourth-order valence-electron chi connectivity index (χ4n) is 3.38. The Labute approximate surface area is 106 Å². The lowest BCUT2D eigenvalue weighted by molar-refractivity contribution is 0.127. The van der Waals surface area contributed by atoms with Gasteiger partial charge in [0.1, 0.15) is 0 Å². The standard InChI is InChI=1S/C14H29N3/c1-12(2)17-10-6-14(11-17)16-8-4-13(3-7-15)5-9-16/h12-14H,3-11,15H2,1-2H3. The van der Waals surface area contributed by atoms with Crippen molar-refractivity contribution in [2.45, 2.75) is 51.6 Å². The van der Waals surface area contributed by atoms with Gasteiger partial charge in [-0.3, -0.25) is 9.80 Å². The van der Waals surface area contributed by atoms with E-state index in [9.17, 15) is 0 Å². The van der Waals surface area contributed by atoms with Crippen LogP contribution in [0, 0.1) is 5.92 Å². The van der Waals surface area contributed by atoms with E-state index in [2.05, 4.69) is 23.6 Å². The predicted octanol–water partition coefficient (Wildman–Crippen LogP) is 1.53. The molecule has 3 nitrogen and oxygen atoms in total. The number of nitrogens with zero attached hydrogens (tertiary/aromatic N) is 2. The van der Waals surface area contributed by atoms with Crippen LogP contribution in [0.25, 0.3) is 0 Å². The summed E-state index contributed by atoms with van der Waals surface area (Å²) in [5.41, 5.74) is 5.65. The molecule has 0 aromatic rings. The molecule has 2 heterocycles. The molecule has 0 saturated carbocycles. The molecule has 2 rings (SSSR count). The molecule has 0 aliphatic carbocycles. The fraction of sp³-hybridized carbons (Fsp3) is 1.00. The molecule has 0 aromatic carbocycles. The number of rotatable bonds is 4.